The van der Waals surface area contributed by atoms with E-state index in [9.17, 15) is 13.2 Å². The molecule has 0 amide bonds. The van der Waals surface area contributed by atoms with E-state index in [0.717, 1.165) is 44.0 Å². The van der Waals surface area contributed by atoms with E-state index in [4.69, 9.17) is 0 Å². The van der Waals surface area contributed by atoms with Crippen LogP contribution in [-0.2, 0) is 6.18 Å². The second kappa shape index (κ2) is 7.87. The topological polar surface area (TPSA) is 6.48 Å². The van der Waals surface area contributed by atoms with E-state index in [1.807, 2.05) is 6.07 Å². The molecular formula is C19H29F3N2. The molecule has 24 heavy (non-hydrogen) atoms. The fraction of sp³-hybridized carbons (Fsp3) is 0.684. The fourth-order valence-corrected chi connectivity index (χ4v) is 3.89. The Morgan fingerprint density at radius 1 is 1.08 bits per heavy atom. The number of nitrogens with zero attached hydrogens (tertiary/aromatic N) is 2. The van der Waals surface area contributed by atoms with Crippen molar-refractivity contribution in [3.63, 3.8) is 0 Å². The molecule has 5 heteroatoms. The predicted molar refractivity (Wildman–Crippen MR) is 92.0 cm³/mol. The summed E-state index contributed by atoms with van der Waals surface area (Å²) in [5.74, 6) is 0. The van der Waals surface area contributed by atoms with Gasteiger partial charge in [0, 0.05) is 31.2 Å². The van der Waals surface area contributed by atoms with Crippen LogP contribution in [-0.4, -0.2) is 42.0 Å². The zero-order valence-corrected chi connectivity index (χ0v) is 15.1. The monoisotopic (exact) mass is 342 g/mol. The summed E-state index contributed by atoms with van der Waals surface area (Å²) in [6.45, 7) is 8.30. The van der Waals surface area contributed by atoms with Crippen molar-refractivity contribution in [1.82, 2.24) is 9.80 Å². The molecule has 1 saturated heterocycles. The van der Waals surface area contributed by atoms with Gasteiger partial charge in [0.15, 0.2) is 0 Å². The van der Waals surface area contributed by atoms with Gasteiger partial charge in [0.25, 0.3) is 0 Å². The molecule has 1 aromatic carbocycles. The summed E-state index contributed by atoms with van der Waals surface area (Å²) in [5.41, 5.74) is 0.234. The van der Waals surface area contributed by atoms with Crippen LogP contribution in [0.3, 0.4) is 0 Å². The Morgan fingerprint density at radius 2 is 1.75 bits per heavy atom. The highest BCUT2D eigenvalue weighted by Crippen LogP contribution is 2.35. The summed E-state index contributed by atoms with van der Waals surface area (Å²) in [5, 5.41) is 0. The van der Waals surface area contributed by atoms with Crippen molar-refractivity contribution in [2.45, 2.75) is 64.3 Å². The molecule has 0 saturated carbocycles. The van der Waals surface area contributed by atoms with Gasteiger partial charge in [0.05, 0.1) is 5.56 Å². The normalized spacial score (nSPS) is 25.0. The van der Waals surface area contributed by atoms with Crippen molar-refractivity contribution in [2.24, 2.45) is 0 Å². The Hall–Kier alpha value is -1.07. The molecule has 1 fully saturated rings. The van der Waals surface area contributed by atoms with Gasteiger partial charge >= 0.3 is 6.18 Å². The van der Waals surface area contributed by atoms with Gasteiger partial charge in [0.2, 0.25) is 0 Å². The second-order valence-electron chi connectivity index (χ2n) is 6.81. The highest BCUT2D eigenvalue weighted by Gasteiger charge is 2.35. The molecule has 3 atom stereocenters. The van der Waals surface area contributed by atoms with Gasteiger partial charge in [-0.3, -0.25) is 4.90 Å². The van der Waals surface area contributed by atoms with Crippen molar-refractivity contribution in [3.05, 3.63) is 35.4 Å². The number of benzene rings is 1. The van der Waals surface area contributed by atoms with Crippen LogP contribution >= 0.6 is 0 Å². The number of rotatable bonds is 5. The van der Waals surface area contributed by atoms with Crippen LogP contribution in [0.2, 0.25) is 0 Å². The lowest BCUT2D eigenvalue weighted by atomic mass is 9.94. The summed E-state index contributed by atoms with van der Waals surface area (Å²) < 4.78 is 39.2. The standard InChI is InChI=1S/C19H29F3N2/c1-5-16-13-24(17(6-2)12-23(16)4)18(7-3)14-9-8-10-15(11-14)19(20,21)22/h8-11,16-18H,5-7,12-13H2,1-4H3/t16-,17+,18?/m0/s1. The van der Waals surface area contributed by atoms with Crippen molar-refractivity contribution in [3.8, 4) is 0 Å². The number of alkyl halides is 3. The summed E-state index contributed by atoms with van der Waals surface area (Å²) in [6.07, 6.45) is -1.40. The molecular weight excluding hydrogens is 313 g/mol. The Balaban J connectivity index is 2.32. The van der Waals surface area contributed by atoms with Gasteiger partial charge in [-0.15, -0.1) is 0 Å². The molecule has 136 valence electrons. The quantitative estimate of drug-likeness (QED) is 0.746. The van der Waals surface area contributed by atoms with Crippen molar-refractivity contribution >= 4 is 0 Å². The maximum atomic E-state index is 13.1. The van der Waals surface area contributed by atoms with Crippen LogP contribution in [0.15, 0.2) is 24.3 Å². The molecule has 2 nitrogen and oxygen atoms in total. The first-order valence-electron chi connectivity index (χ1n) is 8.94. The highest BCUT2D eigenvalue weighted by atomic mass is 19.4. The first-order valence-corrected chi connectivity index (χ1v) is 8.94. The zero-order chi connectivity index (χ0) is 17.9. The van der Waals surface area contributed by atoms with E-state index in [1.54, 1.807) is 0 Å². The van der Waals surface area contributed by atoms with Gasteiger partial charge in [-0.2, -0.15) is 13.2 Å². The van der Waals surface area contributed by atoms with Crippen LogP contribution in [0.25, 0.3) is 0 Å². The van der Waals surface area contributed by atoms with Gasteiger partial charge < -0.3 is 4.90 Å². The third-order valence-electron chi connectivity index (χ3n) is 5.34. The van der Waals surface area contributed by atoms with Crippen molar-refractivity contribution < 1.29 is 13.2 Å². The largest absolute Gasteiger partial charge is 0.416 e. The number of piperazine rings is 1. The van der Waals surface area contributed by atoms with Crippen LogP contribution in [0.5, 0.6) is 0 Å². The summed E-state index contributed by atoms with van der Waals surface area (Å²) in [7, 11) is 2.15. The molecule has 1 aromatic rings. The molecule has 0 bridgehead atoms. The maximum Gasteiger partial charge on any atom is 0.416 e. The zero-order valence-electron chi connectivity index (χ0n) is 15.1. The fourth-order valence-electron chi connectivity index (χ4n) is 3.89. The molecule has 1 unspecified atom stereocenters. The molecule has 0 radical (unpaired) electrons. The van der Waals surface area contributed by atoms with Crippen molar-refractivity contribution in [2.75, 3.05) is 20.1 Å². The van der Waals surface area contributed by atoms with Gasteiger partial charge in [0.1, 0.15) is 0 Å². The van der Waals surface area contributed by atoms with E-state index < -0.39 is 11.7 Å². The average Bonchev–Trinajstić information content (AvgIpc) is 2.56. The number of hydrogen-bond donors (Lipinski definition) is 0. The smallest absolute Gasteiger partial charge is 0.301 e. The van der Waals surface area contributed by atoms with Gasteiger partial charge in [-0.05, 0) is 44.0 Å². The van der Waals surface area contributed by atoms with Gasteiger partial charge in [-0.1, -0.05) is 32.9 Å². The van der Waals surface area contributed by atoms with Crippen LogP contribution in [0, 0.1) is 0 Å². The van der Waals surface area contributed by atoms with Gasteiger partial charge in [-0.25, -0.2) is 0 Å². The minimum Gasteiger partial charge on any atom is -0.301 e. The molecule has 0 spiro atoms. The maximum absolute atomic E-state index is 13.1. The van der Waals surface area contributed by atoms with E-state index in [0.29, 0.717) is 12.1 Å². The lowest BCUT2D eigenvalue weighted by Gasteiger charge is -2.48. The average molecular weight is 342 g/mol. The van der Waals surface area contributed by atoms with E-state index in [2.05, 4.69) is 37.6 Å². The van der Waals surface area contributed by atoms with Crippen molar-refractivity contribution in [1.29, 1.82) is 0 Å². The van der Waals surface area contributed by atoms with Crippen LogP contribution < -0.4 is 0 Å². The number of hydrogen-bond acceptors (Lipinski definition) is 2. The first-order chi connectivity index (χ1) is 11.3. The predicted octanol–water partition coefficient (Wildman–Crippen LogP) is 4.96. The molecule has 1 heterocycles. The molecule has 0 N–H and O–H groups in total. The van der Waals surface area contributed by atoms with Crippen LogP contribution in [0.1, 0.15) is 57.2 Å². The summed E-state index contributed by atoms with van der Waals surface area (Å²) >= 11 is 0. The molecule has 0 aromatic heterocycles. The lowest BCUT2D eigenvalue weighted by Crippen LogP contribution is -2.57. The Bertz CT molecular complexity index is 530. The van der Waals surface area contributed by atoms with E-state index >= 15 is 0 Å². The third-order valence-corrected chi connectivity index (χ3v) is 5.34. The lowest BCUT2D eigenvalue weighted by molar-refractivity contribution is -0.137. The number of likely N-dealkylation sites (N-methyl/N-ethyl adjacent to an activating group) is 1. The molecule has 1 aliphatic rings. The molecule has 2 rings (SSSR count). The van der Waals surface area contributed by atoms with E-state index in [-0.39, 0.29) is 6.04 Å². The Morgan fingerprint density at radius 3 is 2.29 bits per heavy atom. The SMILES string of the molecule is CCC(c1cccc(C(F)(F)F)c1)N1C[C@H](CC)N(C)C[C@H]1CC. The third kappa shape index (κ3) is 4.12. The first kappa shape index (κ1) is 19.3. The summed E-state index contributed by atoms with van der Waals surface area (Å²) in [4.78, 5) is 4.83. The van der Waals surface area contributed by atoms with Crippen LogP contribution in [0.4, 0.5) is 13.2 Å². The number of halogens is 3. The summed E-state index contributed by atoms with van der Waals surface area (Å²) in [6, 6.07) is 6.77. The molecule has 0 aliphatic carbocycles. The Labute approximate surface area is 143 Å². The highest BCUT2D eigenvalue weighted by molar-refractivity contribution is 5.28. The minimum absolute atomic E-state index is 0.0417. The molecule has 1 aliphatic heterocycles. The van der Waals surface area contributed by atoms with E-state index in [1.165, 1.54) is 12.1 Å². The Kier molecular flexibility index (Phi) is 6.32. The minimum atomic E-state index is -4.29. The second-order valence-corrected chi connectivity index (χ2v) is 6.81.